The van der Waals surface area contributed by atoms with Gasteiger partial charge in [0.25, 0.3) is 0 Å². The lowest BCUT2D eigenvalue weighted by molar-refractivity contribution is -0.128. The van der Waals surface area contributed by atoms with Gasteiger partial charge in [-0.25, -0.2) is 4.39 Å². The second kappa shape index (κ2) is 6.81. The number of thiocarbonyl (C=S) groups is 1. The number of halogens is 2. The van der Waals surface area contributed by atoms with E-state index in [0.717, 1.165) is 0 Å². The third kappa shape index (κ3) is 4.14. The zero-order valence-corrected chi connectivity index (χ0v) is 13.1. The van der Waals surface area contributed by atoms with Crippen LogP contribution in [0.4, 0.5) is 10.1 Å². The van der Waals surface area contributed by atoms with Crippen LogP contribution in [0, 0.1) is 5.82 Å². The van der Waals surface area contributed by atoms with Crippen molar-refractivity contribution in [2.24, 2.45) is 5.73 Å². The molecule has 0 fully saturated rings. The molecule has 0 unspecified atom stereocenters. The smallest absolute Gasteiger partial charge is 0.223 e. The molecule has 0 aliphatic carbocycles. The van der Waals surface area contributed by atoms with Crippen molar-refractivity contribution in [2.75, 3.05) is 26.0 Å². The van der Waals surface area contributed by atoms with Crippen LogP contribution in [0.25, 0.3) is 0 Å². The van der Waals surface area contributed by atoms with Crippen LogP contribution in [0.15, 0.2) is 16.6 Å². The molecule has 4 nitrogen and oxygen atoms in total. The van der Waals surface area contributed by atoms with Gasteiger partial charge in [0.15, 0.2) is 5.82 Å². The van der Waals surface area contributed by atoms with Gasteiger partial charge in [-0.2, -0.15) is 0 Å². The number of carbonyl (C=O) groups is 1. The van der Waals surface area contributed by atoms with Crippen molar-refractivity contribution in [3.05, 3.63) is 28.0 Å². The first-order valence-electron chi connectivity index (χ1n) is 5.56. The largest absolute Gasteiger partial charge is 0.389 e. The molecule has 104 valence electrons. The number of nitrogens with one attached hydrogen (secondary N) is 1. The maximum atomic E-state index is 14.0. The molecule has 0 radical (unpaired) electrons. The van der Waals surface area contributed by atoms with E-state index in [4.69, 9.17) is 18.0 Å². The minimum atomic E-state index is -0.470. The maximum absolute atomic E-state index is 14.0. The molecule has 19 heavy (non-hydrogen) atoms. The summed E-state index contributed by atoms with van der Waals surface area (Å²) in [6.45, 7) is 0.354. The molecule has 0 saturated heterocycles. The number of rotatable bonds is 5. The molecule has 3 N–H and O–H groups in total. The highest BCUT2D eigenvalue weighted by Gasteiger charge is 2.13. The van der Waals surface area contributed by atoms with Crippen LogP contribution in [0.3, 0.4) is 0 Å². The lowest BCUT2D eigenvalue weighted by atomic mass is 10.2. The number of amides is 1. The van der Waals surface area contributed by atoms with E-state index >= 15 is 0 Å². The number of nitrogens with zero attached hydrogens (tertiary/aromatic N) is 1. The Morgan fingerprint density at radius 3 is 2.68 bits per heavy atom. The van der Waals surface area contributed by atoms with E-state index in [1.165, 1.54) is 4.90 Å². The monoisotopic (exact) mass is 347 g/mol. The number of anilines is 1. The maximum Gasteiger partial charge on any atom is 0.223 e. The third-order valence-corrected chi connectivity index (χ3v) is 3.50. The average molecular weight is 348 g/mol. The fourth-order valence-electron chi connectivity index (χ4n) is 1.40. The molecule has 0 aromatic heterocycles. The molecule has 1 aromatic rings. The highest BCUT2D eigenvalue weighted by atomic mass is 79.9. The van der Waals surface area contributed by atoms with Crippen molar-refractivity contribution in [2.45, 2.75) is 6.42 Å². The molecular formula is C12H15BrFN3OS. The third-order valence-electron chi connectivity index (χ3n) is 2.50. The van der Waals surface area contributed by atoms with E-state index < -0.39 is 5.82 Å². The second-order valence-corrected chi connectivity index (χ2v) is 5.35. The molecule has 1 rings (SSSR count). The van der Waals surface area contributed by atoms with Crippen LogP contribution in [0.5, 0.6) is 0 Å². The first-order chi connectivity index (χ1) is 8.84. The van der Waals surface area contributed by atoms with E-state index in [0.29, 0.717) is 24.2 Å². The van der Waals surface area contributed by atoms with Gasteiger partial charge in [-0.3, -0.25) is 4.79 Å². The van der Waals surface area contributed by atoms with Crippen LogP contribution in [-0.4, -0.2) is 36.4 Å². The summed E-state index contributed by atoms with van der Waals surface area (Å²) in [7, 11) is 3.35. The van der Waals surface area contributed by atoms with Crippen molar-refractivity contribution in [1.29, 1.82) is 0 Å². The van der Waals surface area contributed by atoms with E-state index in [2.05, 4.69) is 21.2 Å². The Bertz CT molecular complexity index is 508. The SMILES string of the molecule is CN(C)C(=O)CCNc1ccc(C(N)=S)c(Br)c1F. The predicted octanol–water partition coefficient (Wildman–Crippen LogP) is 2.11. The Morgan fingerprint density at radius 1 is 1.53 bits per heavy atom. The van der Waals surface area contributed by atoms with Gasteiger partial charge in [-0.15, -0.1) is 0 Å². The molecule has 0 bridgehead atoms. The summed E-state index contributed by atoms with van der Waals surface area (Å²) in [5, 5.41) is 2.87. The minimum absolute atomic E-state index is 0.0215. The van der Waals surface area contributed by atoms with Gasteiger partial charge >= 0.3 is 0 Å². The van der Waals surface area contributed by atoms with Crippen molar-refractivity contribution in [3.8, 4) is 0 Å². The van der Waals surface area contributed by atoms with Gasteiger partial charge in [-0.1, -0.05) is 12.2 Å². The van der Waals surface area contributed by atoms with E-state index in [1.807, 2.05) is 0 Å². The van der Waals surface area contributed by atoms with E-state index in [1.54, 1.807) is 26.2 Å². The second-order valence-electron chi connectivity index (χ2n) is 4.12. The fraction of sp³-hybridized carbons (Fsp3) is 0.333. The van der Waals surface area contributed by atoms with Gasteiger partial charge in [0.1, 0.15) is 4.99 Å². The number of hydrogen-bond acceptors (Lipinski definition) is 3. The predicted molar refractivity (Wildman–Crippen MR) is 81.8 cm³/mol. The first kappa shape index (κ1) is 15.8. The molecular weight excluding hydrogens is 333 g/mol. The minimum Gasteiger partial charge on any atom is -0.389 e. The number of nitrogens with two attached hydrogens (primary N) is 1. The van der Waals surface area contributed by atoms with Crippen molar-refractivity contribution in [3.63, 3.8) is 0 Å². The van der Waals surface area contributed by atoms with Gasteiger partial charge in [0.05, 0.1) is 10.2 Å². The summed E-state index contributed by atoms with van der Waals surface area (Å²) in [6.07, 6.45) is 0.293. The van der Waals surface area contributed by atoms with Crippen molar-refractivity contribution >= 4 is 44.7 Å². The molecule has 0 spiro atoms. The van der Waals surface area contributed by atoms with Crippen LogP contribution in [0.2, 0.25) is 0 Å². The Balaban J connectivity index is 2.73. The molecule has 0 aliphatic rings. The lowest BCUT2D eigenvalue weighted by Crippen LogP contribution is -2.24. The Morgan fingerprint density at radius 2 is 2.16 bits per heavy atom. The summed E-state index contributed by atoms with van der Waals surface area (Å²) in [5.41, 5.74) is 6.22. The molecule has 0 saturated carbocycles. The Kier molecular flexibility index (Phi) is 5.68. The fourth-order valence-corrected chi connectivity index (χ4v) is 2.26. The summed E-state index contributed by atoms with van der Waals surface area (Å²) in [5.74, 6) is -0.491. The lowest BCUT2D eigenvalue weighted by Gasteiger charge is -2.13. The van der Waals surface area contributed by atoms with Crippen LogP contribution in [0.1, 0.15) is 12.0 Å². The number of benzene rings is 1. The Hall–Kier alpha value is -1.21. The zero-order chi connectivity index (χ0) is 14.6. The number of carbonyl (C=O) groups excluding carboxylic acids is 1. The van der Waals surface area contributed by atoms with Crippen LogP contribution < -0.4 is 11.1 Å². The summed E-state index contributed by atoms with van der Waals surface area (Å²) in [6, 6.07) is 3.18. The molecule has 1 aromatic carbocycles. The topological polar surface area (TPSA) is 58.4 Å². The van der Waals surface area contributed by atoms with Crippen LogP contribution >= 0.6 is 28.1 Å². The zero-order valence-electron chi connectivity index (χ0n) is 10.7. The average Bonchev–Trinajstić information content (AvgIpc) is 2.33. The molecule has 1 amide bonds. The van der Waals surface area contributed by atoms with Gasteiger partial charge in [-0.05, 0) is 28.1 Å². The summed E-state index contributed by atoms with van der Waals surface area (Å²) in [4.78, 5) is 13.0. The summed E-state index contributed by atoms with van der Waals surface area (Å²) < 4.78 is 14.2. The molecule has 0 aliphatic heterocycles. The molecule has 0 heterocycles. The van der Waals surface area contributed by atoms with Gasteiger partial charge in [0, 0.05) is 32.6 Å². The van der Waals surface area contributed by atoms with E-state index in [9.17, 15) is 9.18 Å². The molecule has 7 heteroatoms. The standard InChI is InChI=1S/C12H15BrFN3OS/c1-17(2)9(18)5-6-16-8-4-3-7(12(15)19)10(13)11(8)14/h3-4,16H,5-6H2,1-2H3,(H2,15,19). The first-order valence-corrected chi connectivity index (χ1v) is 6.76. The quantitative estimate of drug-likeness (QED) is 0.801. The highest BCUT2D eigenvalue weighted by Crippen LogP contribution is 2.27. The molecule has 0 atom stereocenters. The van der Waals surface area contributed by atoms with Crippen molar-refractivity contribution < 1.29 is 9.18 Å². The highest BCUT2D eigenvalue weighted by molar-refractivity contribution is 9.10. The normalized spacial score (nSPS) is 10.1. The van der Waals surface area contributed by atoms with Crippen LogP contribution in [-0.2, 0) is 4.79 Å². The van der Waals surface area contributed by atoms with Crippen molar-refractivity contribution in [1.82, 2.24) is 4.90 Å². The van der Waals surface area contributed by atoms with Gasteiger partial charge in [0.2, 0.25) is 5.91 Å². The summed E-state index contributed by atoms with van der Waals surface area (Å²) >= 11 is 7.93. The van der Waals surface area contributed by atoms with E-state index in [-0.39, 0.29) is 15.4 Å². The Labute approximate surface area is 125 Å². The van der Waals surface area contributed by atoms with Gasteiger partial charge < -0.3 is 16.0 Å². The number of hydrogen-bond donors (Lipinski definition) is 2.